The van der Waals surface area contributed by atoms with E-state index < -0.39 is 0 Å². The highest BCUT2D eigenvalue weighted by Crippen LogP contribution is 2.23. The summed E-state index contributed by atoms with van der Waals surface area (Å²) in [4.78, 5) is 19.4. The predicted molar refractivity (Wildman–Crippen MR) is 87.7 cm³/mol. The average molecular weight is 309 g/mol. The van der Waals surface area contributed by atoms with Crippen LogP contribution in [-0.4, -0.2) is 28.0 Å². The van der Waals surface area contributed by atoms with Crippen molar-refractivity contribution in [3.63, 3.8) is 0 Å². The number of benzene rings is 2. The molecule has 116 valence electrons. The lowest BCUT2D eigenvalue weighted by molar-refractivity contribution is 0.259. The zero-order valence-electron chi connectivity index (χ0n) is 12.8. The van der Waals surface area contributed by atoms with Crippen LogP contribution in [-0.2, 0) is 13.1 Å². The van der Waals surface area contributed by atoms with Crippen molar-refractivity contribution in [1.29, 1.82) is 0 Å². The molecule has 4 nitrogen and oxygen atoms in total. The smallest absolute Gasteiger partial charge is 0.261 e. The van der Waals surface area contributed by atoms with Gasteiger partial charge in [0, 0.05) is 13.1 Å². The fraction of sp³-hybridized carbons (Fsp3) is 0.222. The van der Waals surface area contributed by atoms with Crippen molar-refractivity contribution in [3.05, 3.63) is 64.5 Å². The second kappa shape index (κ2) is 5.28. The molecular weight excluding hydrogens is 293 g/mol. The first-order valence-electron chi connectivity index (χ1n) is 7.60. The third-order valence-corrected chi connectivity index (χ3v) is 4.31. The first kappa shape index (κ1) is 14.1. The van der Waals surface area contributed by atoms with Crippen LogP contribution < -0.4 is 5.56 Å². The van der Waals surface area contributed by atoms with E-state index in [1.54, 1.807) is 16.7 Å². The Hall–Kier alpha value is -2.53. The quantitative estimate of drug-likeness (QED) is 0.693. The van der Waals surface area contributed by atoms with Gasteiger partial charge in [0.25, 0.3) is 5.56 Å². The Morgan fingerprint density at radius 2 is 1.91 bits per heavy atom. The van der Waals surface area contributed by atoms with Crippen molar-refractivity contribution in [1.82, 2.24) is 14.5 Å². The van der Waals surface area contributed by atoms with Gasteiger partial charge in [-0.2, -0.15) is 0 Å². The largest absolute Gasteiger partial charge is 0.297 e. The number of hydrogen-bond acceptors (Lipinski definition) is 3. The van der Waals surface area contributed by atoms with Crippen LogP contribution in [0, 0.1) is 5.82 Å². The summed E-state index contributed by atoms with van der Waals surface area (Å²) in [6.07, 6.45) is 0. The number of rotatable bonds is 1. The second-order valence-electron chi connectivity index (χ2n) is 5.96. The maximum atomic E-state index is 13.4. The normalized spacial score (nSPS) is 14.9. The highest BCUT2D eigenvalue weighted by Gasteiger charge is 2.17. The van der Waals surface area contributed by atoms with Gasteiger partial charge >= 0.3 is 0 Å². The van der Waals surface area contributed by atoms with Crippen LogP contribution in [0.4, 0.5) is 4.39 Å². The molecule has 1 aliphatic heterocycles. The lowest BCUT2D eigenvalue weighted by Gasteiger charge is -2.25. The Balaban J connectivity index is 1.91. The van der Waals surface area contributed by atoms with Crippen molar-refractivity contribution < 1.29 is 4.39 Å². The number of likely N-dealkylation sites (N-methyl/N-ethyl adjacent to an activating group) is 1. The molecule has 5 heteroatoms. The maximum Gasteiger partial charge on any atom is 0.261 e. The summed E-state index contributed by atoms with van der Waals surface area (Å²) in [5.41, 5.74) is 2.31. The molecule has 1 aromatic heterocycles. The van der Waals surface area contributed by atoms with Gasteiger partial charge in [-0.1, -0.05) is 18.2 Å². The van der Waals surface area contributed by atoms with Gasteiger partial charge in [-0.25, -0.2) is 9.37 Å². The van der Waals surface area contributed by atoms with Gasteiger partial charge in [-0.3, -0.25) is 14.3 Å². The molecule has 0 atom stereocenters. The van der Waals surface area contributed by atoms with Gasteiger partial charge in [-0.15, -0.1) is 0 Å². The predicted octanol–water partition coefficient (Wildman–Crippen LogP) is 2.65. The van der Waals surface area contributed by atoms with E-state index in [2.05, 4.69) is 9.88 Å². The summed E-state index contributed by atoms with van der Waals surface area (Å²) >= 11 is 0. The molecule has 0 amide bonds. The minimum Gasteiger partial charge on any atom is -0.297 e. The zero-order valence-corrected chi connectivity index (χ0v) is 12.8. The van der Waals surface area contributed by atoms with Gasteiger partial charge in [0.15, 0.2) is 0 Å². The molecule has 3 aromatic rings. The number of fused-ring (bicyclic) bond motifs is 2. The number of hydrogen-bond donors (Lipinski definition) is 0. The molecule has 0 unspecified atom stereocenters. The summed E-state index contributed by atoms with van der Waals surface area (Å²) < 4.78 is 15.2. The Morgan fingerprint density at radius 1 is 1.09 bits per heavy atom. The highest BCUT2D eigenvalue weighted by atomic mass is 19.1. The van der Waals surface area contributed by atoms with E-state index in [0.717, 1.165) is 23.5 Å². The number of nitrogens with zero attached hydrogens (tertiary/aromatic N) is 3. The standard InChI is InChI=1S/C18H16FN3O/c1-21-7-8-22-17(11-21)20-16-10-13(5-6-15(16)18(22)23)12-3-2-4-14(19)9-12/h2-6,9-10H,7-8,11H2,1H3. The third-order valence-electron chi connectivity index (χ3n) is 4.31. The van der Waals surface area contributed by atoms with Gasteiger partial charge in [0.2, 0.25) is 0 Å². The highest BCUT2D eigenvalue weighted by molar-refractivity contribution is 5.83. The van der Waals surface area contributed by atoms with Gasteiger partial charge in [0.1, 0.15) is 11.6 Å². The topological polar surface area (TPSA) is 38.1 Å². The van der Waals surface area contributed by atoms with Crippen molar-refractivity contribution >= 4 is 10.9 Å². The number of aromatic nitrogens is 2. The molecule has 0 aliphatic carbocycles. The fourth-order valence-corrected chi connectivity index (χ4v) is 3.06. The van der Waals surface area contributed by atoms with E-state index in [4.69, 9.17) is 0 Å². The summed E-state index contributed by atoms with van der Waals surface area (Å²) in [5, 5.41) is 0.610. The lowest BCUT2D eigenvalue weighted by atomic mass is 10.0. The fourth-order valence-electron chi connectivity index (χ4n) is 3.06. The monoisotopic (exact) mass is 309 g/mol. The summed E-state index contributed by atoms with van der Waals surface area (Å²) in [7, 11) is 2.02. The molecule has 0 saturated carbocycles. The van der Waals surface area contributed by atoms with E-state index in [1.165, 1.54) is 12.1 Å². The summed E-state index contributed by atoms with van der Waals surface area (Å²) in [5.74, 6) is 0.510. The molecule has 0 spiro atoms. The van der Waals surface area contributed by atoms with E-state index in [-0.39, 0.29) is 11.4 Å². The van der Waals surface area contributed by atoms with E-state index >= 15 is 0 Å². The van der Waals surface area contributed by atoms with Crippen molar-refractivity contribution in [2.24, 2.45) is 0 Å². The van der Waals surface area contributed by atoms with Crippen LogP contribution in [0.2, 0.25) is 0 Å². The minimum atomic E-state index is -0.275. The third kappa shape index (κ3) is 2.43. The average Bonchev–Trinajstić information content (AvgIpc) is 2.54. The molecule has 0 radical (unpaired) electrons. The first-order valence-corrected chi connectivity index (χ1v) is 7.60. The molecule has 0 N–H and O–H groups in total. The van der Waals surface area contributed by atoms with Gasteiger partial charge in [-0.05, 0) is 42.4 Å². The van der Waals surface area contributed by atoms with Crippen molar-refractivity contribution in [3.8, 4) is 11.1 Å². The lowest BCUT2D eigenvalue weighted by Crippen LogP contribution is -2.38. The molecule has 0 fully saturated rings. The summed E-state index contributed by atoms with van der Waals surface area (Å²) in [6, 6.07) is 11.9. The van der Waals surface area contributed by atoms with Crippen LogP contribution in [0.15, 0.2) is 47.3 Å². The molecule has 0 saturated heterocycles. The first-order chi connectivity index (χ1) is 11.1. The van der Waals surface area contributed by atoms with E-state index in [9.17, 15) is 9.18 Å². The zero-order chi connectivity index (χ0) is 16.0. The van der Waals surface area contributed by atoms with E-state index in [0.29, 0.717) is 24.0 Å². The molecule has 23 heavy (non-hydrogen) atoms. The van der Waals surface area contributed by atoms with Crippen LogP contribution in [0.5, 0.6) is 0 Å². The Bertz CT molecular complexity index is 964. The van der Waals surface area contributed by atoms with Crippen molar-refractivity contribution in [2.75, 3.05) is 13.6 Å². The Labute approximate surface area is 132 Å². The molecule has 2 heterocycles. The van der Waals surface area contributed by atoms with E-state index in [1.807, 2.05) is 25.2 Å². The van der Waals surface area contributed by atoms with Crippen LogP contribution >= 0.6 is 0 Å². The molecule has 1 aliphatic rings. The van der Waals surface area contributed by atoms with Gasteiger partial charge < -0.3 is 0 Å². The molecular formula is C18H16FN3O. The second-order valence-corrected chi connectivity index (χ2v) is 5.96. The summed E-state index contributed by atoms with van der Waals surface area (Å²) in [6.45, 7) is 2.18. The molecule has 4 rings (SSSR count). The maximum absolute atomic E-state index is 13.4. The molecule has 0 bridgehead atoms. The van der Waals surface area contributed by atoms with Crippen LogP contribution in [0.1, 0.15) is 5.82 Å². The SMILES string of the molecule is CN1CCn2c(nc3cc(-c4cccc(F)c4)ccc3c2=O)C1. The molecule has 2 aromatic carbocycles. The van der Waals surface area contributed by atoms with Crippen LogP contribution in [0.25, 0.3) is 22.0 Å². The minimum absolute atomic E-state index is 0.00360. The van der Waals surface area contributed by atoms with Crippen LogP contribution in [0.3, 0.4) is 0 Å². The Morgan fingerprint density at radius 3 is 2.74 bits per heavy atom. The number of halogens is 1. The Kier molecular flexibility index (Phi) is 3.23. The van der Waals surface area contributed by atoms with Crippen molar-refractivity contribution in [2.45, 2.75) is 13.1 Å². The van der Waals surface area contributed by atoms with Gasteiger partial charge in [0.05, 0.1) is 17.4 Å².